The zero-order chi connectivity index (χ0) is 29.4. The summed E-state index contributed by atoms with van der Waals surface area (Å²) in [5, 5.41) is 12.1. The molecule has 2 N–H and O–H groups in total. The molecule has 0 saturated carbocycles. The molecule has 214 valence electrons. The second-order valence-corrected chi connectivity index (χ2v) is 10.4. The monoisotopic (exact) mass is 567 g/mol. The van der Waals surface area contributed by atoms with Gasteiger partial charge in [-0.3, -0.25) is 14.5 Å². The molecule has 0 bridgehead atoms. The van der Waals surface area contributed by atoms with Crippen LogP contribution in [0.4, 0.5) is 26.2 Å². The number of fused-ring (bicyclic) bond motifs is 3. The van der Waals surface area contributed by atoms with Gasteiger partial charge in [-0.05, 0) is 66.1 Å². The minimum atomic E-state index is -0.639. The molecule has 3 aromatic carbocycles. The van der Waals surface area contributed by atoms with Gasteiger partial charge in [0, 0.05) is 42.8 Å². The standard InChI is InChI=1S/C32H30FN5O4/c1-21-16-22(31(41)37-19-25-7-5-13-35(25)18-24-6-2-3-9-27(24)37)11-12-23(21)17-34-32(42)38-20-29(40)36(14-15-39)28-10-4-8-26(33)30(28)38/h2-13,16,39H,14-15,17-20H2,1H3,(H,34,42). The van der Waals surface area contributed by atoms with Crippen LogP contribution in [0, 0.1) is 12.7 Å². The summed E-state index contributed by atoms with van der Waals surface area (Å²) in [6, 6.07) is 20.9. The van der Waals surface area contributed by atoms with E-state index in [4.69, 9.17) is 0 Å². The molecule has 0 atom stereocenters. The maximum Gasteiger partial charge on any atom is 0.322 e. The molecule has 3 heterocycles. The molecule has 6 rings (SSSR count). The van der Waals surface area contributed by atoms with Gasteiger partial charge in [0.2, 0.25) is 5.91 Å². The van der Waals surface area contributed by atoms with Crippen LogP contribution in [0.15, 0.2) is 79.0 Å². The lowest BCUT2D eigenvalue weighted by Gasteiger charge is -2.36. The average Bonchev–Trinajstić information content (AvgIpc) is 3.36. The van der Waals surface area contributed by atoms with E-state index >= 15 is 0 Å². The zero-order valence-electron chi connectivity index (χ0n) is 23.1. The molecule has 0 saturated heterocycles. The van der Waals surface area contributed by atoms with Crippen LogP contribution in [0.1, 0.15) is 32.7 Å². The van der Waals surface area contributed by atoms with Crippen molar-refractivity contribution in [1.29, 1.82) is 0 Å². The van der Waals surface area contributed by atoms with Crippen LogP contribution in [0.2, 0.25) is 0 Å². The fraction of sp³-hybridized carbons (Fsp3) is 0.219. The number of rotatable bonds is 5. The minimum absolute atomic E-state index is 0.00473. The number of nitrogens with zero attached hydrogens (tertiary/aromatic N) is 4. The molecular formula is C32H30FN5O4. The summed E-state index contributed by atoms with van der Waals surface area (Å²) in [6.07, 6.45) is 2.02. The number of amides is 4. The Hall–Kier alpha value is -4.96. The zero-order valence-corrected chi connectivity index (χ0v) is 23.1. The maximum atomic E-state index is 14.8. The van der Waals surface area contributed by atoms with Crippen LogP contribution in [-0.2, 0) is 24.4 Å². The highest BCUT2D eigenvalue weighted by Crippen LogP contribution is 2.36. The van der Waals surface area contributed by atoms with Crippen molar-refractivity contribution in [3.8, 4) is 0 Å². The number of hydrogen-bond acceptors (Lipinski definition) is 4. The number of aromatic nitrogens is 1. The molecule has 42 heavy (non-hydrogen) atoms. The van der Waals surface area contributed by atoms with E-state index in [2.05, 4.69) is 9.88 Å². The summed E-state index contributed by atoms with van der Waals surface area (Å²) in [4.78, 5) is 43.8. The number of para-hydroxylation sites is 2. The van der Waals surface area contributed by atoms with Gasteiger partial charge < -0.3 is 24.8 Å². The topological polar surface area (TPSA) is 98.1 Å². The van der Waals surface area contributed by atoms with Crippen LogP contribution in [0.5, 0.6) is 0 Å². The van der Waals surface area contributed by atoms with Gasteiger partial charge in [-0.2, -0.15) is 0 Å². The number of carbonyl (C=O) groups is 3. The van der Waals surface area contributed by atoms with Crippen molar-refractivity contribution in [2.75, 3.05) is 34.4 Å². The van der Waals surface area contributed by atoms with Gasteiger partial charge >= 0.3 is 6.03 Å². The van der Waals surface area contributed by atoms with E-state index in [-0.39, 0.29) is 43.5 Å². The third-order valence-electron chi connectivity index (χ3n) is 7.82. The average molecular weight is 568 g/mol. The third kappa shape index (κ3) is 4.90. The predicted molar refractivity (Wildman–Crippen MR) is 157 cm³/mol. The van der Waals surface area contributed by atoms with Crippen molar-refractivity contribution in [2.45, 2.75) is 26.6 Å². The van der Waals surface area contributed by atoms with Gasteiger partial charge in [-0.25, -0.2) is 9.18 Å². The largest absolute Gasteiger partial charge is 0.395 e. The maximum absolute atomic E-state index is 14.8. The third-order valence-corrected chi connectivity index (χ3v) is 7.82. The molecule has 0 fully saturated rings. The quantitative estimate of drug-likeness (QED) is 0.378. The Bertz CT molecular complexity index is 1700. The van der Waals surface area contributed by atoms with E-state index in [9.17, 15) is 23.9 Å². The number of benzene rings is 3. The van der Waals surface area contributed by atoms with Crippen molar-refractivity contribution >= 4 is 34.9 Å². The fourth-order valence-electron chi connectivity index (χ4n) is 5.66. The summed E-state index contributed by atoms with van der Waals surface area (Å²) in [6.45, 7) is 2.49. The van der Waals surface area contributed by atoms with Crippen LogP contribution in [0.25, 0.3) is 0 Å². The molecular weight excluding hydrogens is 537 g/mol. The summed E-state index contributed by atoms with van der Waals surface area (Å²) >= 11 is 0. The van der Waals surface area contributed by atoms with Crippen molar-refractivity contribution in [1.82, 2.24) is 9.88 Å². The van der Waals surface area contributed by atoms with Gasteiger partial charge in [-0.15, -0.1) is 0 Å². The normalized spacial score (nSPS) is 14.2. The van der Waals surface area contributed by atoms with Gasteiger partial charge in [0.05, 0.1) is 18.8 Å². The summed E-state index contributed by atoms with van der Waals surface area (Å²) in [5.41, 5.74) is 5.32. The number of aliphatic hydroxyl groups excluding tert-OH is 1. The number of urea groups is 1. The molecule has 9 nitrogen and oxygen atoms in total. The Balaban J connectivity index is 1.20. The first kappa shape index (κ1) is 27.2. The Morgan fingerprint density at radius 3 is 2.55 bits per heavy atom. The van der Waals surface area contributed by atoms with Gasteiger partial charge in [-0.1, -0.05) is 30.3 Å². The van der Waals surface area contributed by atoms with Crippen molar-refractivity contribution in [3.63, 3.8) is 0 Å². The first-order valence-electron chi connectivity index (χ1n) is 13.7. The minimum Gasteiger partial charge on any atom is -0.395 e. The van der Waals surface area contributed by atoms with Crippen molar-refractivity contribution in [2.24, 2.45) is 0 Å². The number of hydrogen-bond donors (Lipinski definition) is 2. The first-order chi connectivity index (χ1) is 20.4. The molecule has 1 aromatic heterocycles. The highest BCUT2D eigenvalue weighted by Gasteiger charge is 2.34. The van der Waals surface area contributed by atoms with E-state index in [0.717, 1.165) is 33.0 Å². The summed E-state index contributed by atoms with van der Waals surface area (Å²) < 4.78 is 17.0. The number of anilines is 3. The summed E-state index contributed by atoms with van der Waals surface area (Å²) in [5.74, 6) is -1.18. The predicted octanol–water partition coefficient (Wildman–Crippen LogP) is 4.20. The van der Waals surface area contributed by atoms with Crippen LogP contribution < -0.4 is 20.0 Å². The van der Waals surface area contributed by atoms with Crippen molar-refractivity contribution < 1.29 is 23.9 Å². The Morgan fingerprint density at radius 1 is 0.929 bits per heavy atom. The molecule has 2 aliphatic heterocycles. The molecule has 4 amide bonds. The van der Waals surface area contributed by atoms with Crippen molar-refractivity contribution in [3.05, 3.63) is 113 Å². The molecule has 0 aliphatic carbocycles. The number of β-amino-alcohol motifs (C(OH)–C–C–N with tert-alkyl or cyclic N) is 1. The van der Waals surface area contributed by atoms with Crippen LogP contribution in [-0.4, -0.2) is 47.2 Å². The first-order valence-corrected chi connectivity index (χ1v) is 13.7. The molecule has 10 heteroatoms. The number of nitrogens with one attached hydrogen (secondary N) is 1. The van der Waals surface area contributed by atoms with Crippen LogP contribution >= 0.6 is 0 Å². The fourth-order valence-corrected chi connectivity index (χ4v) is 5.66. The van der Waals surface area contributed by atoms with Crippen LogP contribution in [0.3, 0.4) is 0 Å². The molecule has 0 radical (unpaired) electrons. The highest BCUT2D eigenvalue weighted by atomic mass is 19.1. The lowest BCUT2D eigenvalue weighted by Crippen LogP contribution is -2.52. The SMILES string of the molecule is Cc1cc(C(=O)N2Cc3cccn3Cc3ccccc32)ccc1CNC(=O)N1CC(=O)N(CCO)c2cccc(F)c21. The lowest BCUT2D eigenvalue weighted by molar-refractivity contribution is -0.117. The molecule has 2 aliphatic rings. The van der Waals surface area contributed by atoms with E-state index in [1.54, 1.807) is 23.1 Å². The van der Waals surface area contributed by atoms with E-state index < -0.39 is 17.8 Å². The Morgan fingerprint density at radius 2 is 1.74 bits per heavy atom. The Kier molecular flexibility index (Phi) is 7.22. The number of carbonyl (C=O) groups excluding carboxylic acids is 3. The second kappa shape index (κ2) is 11.1. The van der Waals surface area contributed by atoms with Gasteiger partial charge in [0.1, 0.15) is 18.0 Å². The van der Waals surface area contributed by atoms with Gasteiger partial charge in [0.15, 0.2) is 0 Å². The van der Waals surface area contributed by atoms with E-state index in [0.29, 0.717) is 18.7 Å². The van der Waals surface area contributed by atoms with Gasteiger partial charge in [0.25, 0.3) is 5.91 Å². The molecule has 4 aromatic rings. The molecule has 0 unspecified atom stereocenters. The molecule has 0 spiro atoms. The second-order valence-electron chi connectivity index (χ2n) is 10.4. The van der Waals surface area contributed by atoms with E-state index in [1.807, 2.05) is 55.6 Å². The lowest BCUT2D eigenvalue weighted by atomic mass is 10.0. The highest BCUT2D eigenvalue weighted by molar-refractivity contribution is 6.11. The Labute approximate surface area is 242 Å². The number of halogens is 1. The number of aryl methyl sites for hydroxylation is 1. The summed E-state index contributed by atoms with van der Waals surface area (Å²) in [7, 11) is 0. The smallest absolute Gasteiger partial charge is 0.322 e. The van der Waals surface area contributed by atoms with E-state index in [1.165, 1.54) is 17.0 Å². The number of aliphatic hydroxyl groups is 1.